The lowest BCUT2D eigenvalue weighted by Gasteiger charge is -2.04. The molecule has 0 saturated carbocycles. The summed E-state index contributed by atoms with van der Waals surface area (Å²) >= 11 is 1.70. The molecule has 2 N–H and O–H groups in total. The van der Waals surface area contributed by atoms with Crippen LogP contribution in [-0.2, 0) is 17.6 Å². The van der Waals surface area contributed by atoms with Crippen molar-refractivity contribution in [3.63, 3.8) is 0 Å². The van der Waals surface area contributed by atoms with Gasteiger partial charge in [-0.05, 0) is 6.42 Å². The summed E-state index contributed by atoms with van der Waals surface area (Å²) in [5, 5.41) is 3.24. The Morgan fingerprint density at radius 1 is 1.64 bits per heavy atom. The minimum atomic E-state index is 0.243. The van der Waals surface area contributed by atoms with Crippen LogP contribution in [0.4, 0.5) is 0 Å². The first-order valence-electron chi connectivity index (χ1n) is 4.94. The summed E-state index contributed by atoms with van der Waals surface area (Å²) in [4.78, 5) is 4.49. The van der Waals surface area contributed by atoms with E-state index in [0.29, 0.717) is 0 Å². The zero-order chi connectivity index (χ0) is 10.4. The van der Waals surface area contributed by atoms with Gasteiger partial charge in [0.1, 0.15) is 0 Å². The smallest absolute Gasteiger partial charge is 0.0951 e. The van der Waals surface area contributed by atoms with Crippen molar-refractivity contribution < 1.29 is 4.74 Å². The molecule has 1 rings (SSSR count). The zero-order valence-corrected chi connectivity index (χ0v) is 9.64. The van der Waals surface area contributed by atoms with Gasteiger partial charge in [-0.25, -0.2) is 4.98 Å². The first-order chi connectivity index (χ1) is 6.76. The largest absolute Gasteiger partial charge is 0.384 e. The van der Waals surface area contributed by atoms with E-state index in [1.807, 2.05) is 0 Å². The van der Waals surface area contributed by atoms with Crippen LogP contribution in [0.25, 0.3) is 0 Å². The van der Waals surface area contributed by atoms with Crippen LogP contribution in [0.15, 0.2) is 5.38 Å². The lowest BCUT2D eigenvalue weighted by molar-refractivity contribution is 0.202. The molecule has 1 heterocycles. The van der Waals surface area contributed by atoms with Crippen molar-refractivity contribution >= 4 is 11.3 Å². The molecular weight excluding hydrogens is 196 g/mol. The summed E-state index contributed by atoms with van der Waals surface area (Å²) in [5.74, 6) is 0. The number of rotatable bonds is 6. The van der Waals surface area contributed by atoms with Crippen LogP contribution in [0.1, 0.15) is 24.0 Å². The summed E-state index contributed by atoms with van der Waals surface area (Å²) in [7, 11) is 1.71. The Hall–Kier alpha value is -0.450. The molecule has 4 heteroatoms. The van der Waals surface area contributed by atoms with Crippen LogP contribution in [-0.4, -0.2) is 24.7 Å². The molecule has 1 aromatic heterocycles. The Bertz CT molecular complexity index is 262. The van der Waals surface area contributed by atoms with Crippen LogP contribution in [0.2, 0.25) is 0 Å². The van der Waals surface area contributed by atoms with Gasteiger partial charge < -0.3 is 10.5 Å². The topological polar surface area (TPSA) is 48.1 Å². The Balaban J connectivity index is 2.42. The highest BCUT2D eigenvalue weighted by Crippen LogP contribution is 2.12. The molecule has 80 valence electrons. The minimum Gasteiger partial charge on any atom is -0.384 e. The Labute approximate surface area is 89.3 Å². The first kappa shape index (κ1) is 11.6. The fraction of sp³-hybridized carbons (Fsp3) is 0.700. The second kappa shape index (κ2) is 6.11. The molecule has 0 saturated heterocycles. The predicted molar refractivity (Wildman–Crippen MR) is 59.7 cm³/mol. The third-order valence-corrected chi connectivity index (χ3v) is 3.07. The standard InChI is InChI=1S/C10H18N2OS/c1-3-8(11)6-9-7-14-10(12-9)4-5-13-2/h7-8H,3-6,11H2,1-2H3. The summed E-state index contributed by atoms with van der Waals surface area (Å²) < 4.78 is 5.00. The maximum absolute atomic E-state index is 5.85. The van der Waals surface area contributed by atoms with Gasteiger partial charge in [-0.3, -0.25) is 0 Å². The van der Waals surface area contributed by atoms with E-state index in [1.165, 1.54) is 0 Å². The summed E-state index contributed by atoms with van der Waals surface area (Å²) in [6.07, 6.45) is 2.80. The molecule has 1 aromatic rings. The third-order valence-electron chi connectivity index (χ3n) is 2.12. The van der Waals surface area contributed by atoms with Crippen LogP contribution in [0, 0.1) is 0 Å². The number of thiazole rings is 1. The molecule has 0 bridgehead atoms. The van der Waals surface area contributed by atoms with Crippen molar-refractivity contribution in [1.29, 1.82) is 0 Å². The Morgan fingerprint density at radius 2 is 2.43 bits per heavy atom. The van der Waals surface area contributed by atoms with Crippen LogP contribution < -0.4 is 5.73 Å². The number of hydrogen-bond acceptors (Lipinski definition) is 4. The van der Waals surface area contributed by atoms with Crippen LogP contribution in [0.3, 0.4) is 0 Å². The van der Waals surface area contributed by atoms with E-state index in [2.05, 4.69) is 17.3 Å². The maximum atomic E-state index is 5.85. The number of aromatic nitrogens is 1. The van der Waals surface area contributed by atoms with Crippen LogP contribution in [0.5, 0.6) is 0 Å². The molecule has 0 radical (unpaired) electrons. The highest BCUT2D eigenvalue weighted by Gasteiger charge is 2.05. The fourth-order valence-corrected chi connectivity index (χ4v) is 1.95. The van der Waals surface area contributed by atoms with E-state index in [4.69, 9.17) is 10.5 Å². The van der Waals surface area contributed by atoms with E-state index in [0.717, 1.165) is 36.6 Å². The minimum absolute atomic E-state index is 0.243. The monoisotopic (exact) mass is 214 g/mol. The molecule has 3 nitrogen and oxygen atoms in total. The van der Waals surface area contributed by atoms with Gasteiger partial charge in [0.05, 0.1) is 17.3 Å². The van der Waals surface area contributed by atoms with Crippen molar-refractivity contribution in [2.24, 2.45) is 5.73 Å². The number of nitrogens with zero attached hydrogens (tertiary/aromatic N) is 1. The van der Waals surface area contributed by atoms with E-state index in [9.17, 15) is 0 Å². The molecule has 0 aliphatic carbocycles. The van der Waals surface area contributed by atoms with Crippen molar-refractivity contribution in [3.05, 3.63) is 16.1 Å². The molecule has 1 unspecified atom stereocenters. The second-order valence-corrected chi connectivity index (χ2v) is 4.29. The molecule has 0 fully saturated rings. The molecule has 1 atom stereocenters. The van der Waals surface area contributed by atoms with E-state index >= 15 is 0 Å². The molecule has 14 heavy (non-hydrogen) atoms. The van der Waals surface area contributed by atoms with Gasteiger partial charge in [0.25, 0.3) is 0 Å². The number of nitrogens with two attached hydrogens (primary N) is 1. The SMILES string of the molecule is CCC(N)Cc1csc(CCOC)n1. The van der Waals surface area contributed by atoms with Gasteiger partial charge in [0.15, 0.2) is 0 Å². The summed E-state index contributed by atoms with van der Waals surface area (Å²) in [6.45, 7) is 2.84. The molecule has 0 aliphatic heterocycles. The van der Waals surface area contributed by atoms with Gasteiger partial charge in [0.2, 0.25) is 0 Å². The van der Waals surface area contributed by atoms with Crippen LogP contribution >= 0.6 is 11.3 Å². The Kier molecular flexibility index (Phi) is 5.07. The fourth-order valence-electron chi connectivity index (χ4n) is 1.16. The average molecular weight is 214 g/mol. The summed E-state index contributed by atoms with van der Waals surface area (Å²) in [5.41, 5.74) is 6.98. The molecule has 0 aromatic carbocycles. The number of methoxy groups -OCH3 is 1. The van der Waals surface area contributed by atoms with E-state index < -0.39 is 0 Å². The normalized spacial score (nSPS) is 13.1. The molecule has 0 aliphatic rings. The lowest BCUT2D eigenvalue weighted by atomic mass is 10.1. The predicted octanol–water partition coefficient (Wildman–Crippen LogP) is 1.61. The molecule has 0 spiro atoms. The van der Waals surface area contributed by atoms with Crippen molar-refractivity contribution in [3.8, 4) is 0 Å². The van der Waals surface area contributed by atoms with Crippen molar-refractivity contribution in [2.75, 3.05) is 13.7 Å². The number of ether oxygens (including phenoxy) is 1. The van der Waals surface area contributed by atoms with Crippen molar-refractivity contribution in [1.82, 2.24) is 4.98 Å². The molecular formula is C10H18N2OS. The van der Waals surface area contributed by atoms with Gasteiger partial charge >= 0.3 is 0 Å². The molecule has 0 amide bonds. The summed E-state index contributed by atoms with van der Waals surface area (Å²) in [6, 6.07) is 0.243. The highest BCUT2D eigenvalue weighted by molar-refractivity contribution is 7.09. The zero-order valence-electron chi connectivity index (χ0n) is 8.82. The van der Waals surface area contributed by atoms with Gasteiger partial charge in [0, 0.05) is 31.4 Å². The van der Waals surface area contributed by atoms with E-state index in [1.54, 1.807) is 18.4 Å². The highest BCUT2D eigenvalue weighted by atomic mass is 32.1. The number of hydrogen-bond donors (Lipinski definition) is 1. The van der Waals surface area contributed by atoms with Crippen molar-refractivity contribution in [2.45, 2.75) is 32.2 Å². The van der Waals surface area contributed by atoms with E-state index in [-0.39, 0.29) is 6.04 Å². The van der Waals surface area contributed by atoms with Gasteiger partial charge in [-0.1, -0.05) is 6.92 Å². The second-order valence-electron chi connectivity index (χ2n) is 3.35. The van der Waals surface area contributed by atoms with Gasteiger partial charge in [-0.15, -0.1) is 11.3 Å². The third kappa shape index (κ3) is 3.74. The maximum Gasteiger partial charge on any atom is 0.0951 e. The lowest BCUT2D eigenvalue weighted by Crippen LogP contribution is -2.21. The Morgan fingerprint density at radius 3 is 3.07 bits per heavy atom. The first-order valence-corrected chi connectivity index (χ1v) is 5.82. The average Bonchev–Trinajstić information content (AvgIpc) is 2.62. The quantitative estimate of drug-likeness (QED) is 0.782. The van der Waals surface area contributed by atoms with Gasteiger partial charge in [-0.2, -0.15) is 0 Å².